The second kappa shape index (κ2) is 16.5. The highest BCUT2D eigenvalue weighted by Crippen LogP contribution is 2.08. The summed E-state index contributed by atoms with van der Waals surface area (Å²) in [6, 6.07) is 0. The van der Waals surface area contributed by atoms with Crippen LogP contribution in [-0.2, 0) is 9.47 Å². The Balaban J connectivity index is 2.91. The van der Waals surface area contributed by atoms with Gasteiger partial charge in [-0.2, -0.15) is 0 Å². The lowest BCUT2D eigenvalue weighted by molar-refractivity contribution is -0.0554. The molecule has 0 aliphatic heterocycles. The Morgan fingerprint density at radius 1 is 0.789 bits per heavy atom. The van der Waals surface area contributed by atoms with Gasteiger partial charge in [0.15, 0.2) is 0 Å². The molecule has 2 nitrogen and oxygen atoms in total. The number of hydrogen-bond acceptors (Lipinski definition) is 2. The molecule has 0 spiro atoms. The molecule has 0 fully saturated rings. The molecule has 0 N–H and O–H groups in total. The lowest BCUT2D eigenvalue weighted by Gasteiger charge is -2.06. The second-order valence-electron chi connectivity index (χ2n) is 5.33. The van der Waals surface area contributed by atoms with Gasteiger partial charge >= 0.3 is 0 Å². The maximum Gasteiger partial charge on any atom is 0.146 e. The van der Waals surface area contributed by atoms with Gasteiger partial charge in [-0.1, -0.05) is 74.7 Å². The molecule has 0 rings (SSSR count). The zero-order chi connectivity index (χ0) is 14.2. The molecule has 0 saturated heterocycles. The topological polar surface area (TPSA) is 18.5 Å². The number of rotatable bonds is 15. The zero-order valence-corrected chi connectivity index (χ0v) is 14.6. The highest BCUT2D eigenvalue weighted by atomic mass is 79.9. The number of unbranched alkanes of at least 4 members (excludes halogenated alkanes) is 7. The van der Waals surface area contributed by atoms with E-state index in [4.69, 9.17) is 9.47 Å². The molecule has 0 amide bonds. The van der Waals surface area contributed by atoms with Crippen molar-refractivity contribution in [1.29, 1.82) is 0 Å². The van der Waals surface area contributed by atoms with E-state index in [-0.39, 0.29) is 0 Å². The Labute approximate surface area is 128 Å². The summed E-state index contributed by atoms with van der Waals surface area (Å²) in [6.07, 6.45) is 13.0. The van der Waals surface area contributed by atoms with Crippen molar-refractivity contribution in [2.45, 2.75) is 82.9 Å². The zero-order valence-electron chi connectivity index (χ0n) is 13.0. The van der Waals surface area contributed by atoms with Crippen LogP contribution in [0, 0.1) is 0 Å². The van der Waals surface area contributed by atoms with Gasteiger partial charge < -0.3 is 9.47 Å². The highest BCUT2D eigenvalue weighted by Gasteiger charge is 1.96. The van der Waals surface area contributed by atoms with Gasteiger partial charge in [0.05, 0.1) is 0 Å². The minimum atomic E-state index is 0.465. The van der Waals surface area contributed by atoms with Crippen LogP contribution in [0.5, 0.6) is 0 Å². The van der Waals surface area contributed by atoms with Crippen molar-refractivity contribution in [3.63, 3.8) is 0 Å². The van der Waals surface area contributed by atoms with Gasteiger partial charge in [-0.25, -0.2) is 0 Å². The molecule has 0 aliphatic rings. The van der Waals surface area contributed by atoms with Crippen molar-refractivity contribution in [2.75, 3.05) is 20.0 Å². The molecule has 3 heteroatoms. The summed E-state index contributed by atoms with van der Waals surface area (Å²) in [7, 11) is 0. The van der Waals surface area contributed by atoms with Gasteiger partial charge in [0.25, 0.3) is 0 Å². The fourth-order valence-corrected chi connectivity index (χ4v) is 2.31. The van der Waals surface area contributed by atoms with Crippen LogP contribution in [0.4, 0.5) is 0 Å². The SMILES string of the molecule is CCCCCCCCCCOCOCCCC(C)Br. The fourth-order valence-electron chi connectivity index (χ4n) is 1.98. The molecule has 0 aromatic carbocycles. The van der Waals surface area contributed by atoms with Gasteiger partial charge in [-0.15, -0.1) is 0 Å². The van der Waals surface area contributed by atoms with Crippen molar-refractivity contribution in [3.8, 4) is 0 Å². The van der Waals surface area contributed by atoms with Gasteiger partial charge in [-0.3, -0.25) is 0 Å². The summed E-state index contributed by atoms with van der Waals surface area (Å²) >= 11 is 3.53. The average Bonchev–Trinajstić information content (AvgIpc) is 2.39. The number of ether oxygens (including phenoxy) is 2. The predicted octanol–water partition coefficient (Wildman–Crippen LogP) is 5.68. The van der Waals surface area contributed by atoms with Gasteiger partial charge in [0.1, 0.15) is 6.79 Å². The van der Waals surface area contributed by atoms with E-state index in [2.05, 4.69) is 29.8 Å². The Morgan fingerprint density at radius 2 is 1.32 bits per heavy atom. The van der Waals surface area contributed by atoms with Crippen LogP contribution >= 0.6 is 15.9 Å². The molecule has 1 unspecified atom stereocenters. The van der Waals surface area contributed by atoms with Crippen LogP contribution in [0.25, 0.3) is 0 Å². The minimum absolute atomic E-state index is 0.465. The maximum absolute atomic E-state index is 5.45. The first-order chi connectivity index (χ1) is 9.27. The van der Waals surface area contributed by atoms with E-state index in [0.29, 0.717) is 11.6 Å². The Morgan fingerprint density at radius 3 is 1.89 bits per heavy atom. The van der Waals surface area contributed by atoms with Gasteiger partial charge in [-0.05, 0) is 19.3 Å². The van der Waals surface area contributed by atoms with Crippen LogP contribution in [0.2, 0.25) is 0 Å². The number of alkyl halides is 1. The van der Waals surface area contributed by atoms with Gasteiger partial charge in [0, 0.05) is 18.0 Å². The smallest absolute Gasteiger partial charge is 0.146 e. The number of halogens is 1. The molecular weight excluding hydrogens is 304 g/mol. The quantitative estimate of drug-likeness (QED) is 0.217. The van der Waals surface area contributed by atoms with E-state index in [9.17, 15) is 0 Å². The Hall–Kier alpha value is 0.400. The molecule has 0 saturated carbocycles. The molecular formula is C16H33BrO2. The Bertz CT molecular complexity index is 163. The molecule has 0 aromatic rings. The monoisotopic (exact) mass is 336 g/mol. The summed E-state index contributed by atoms with van der Waals surface area (Å²) in [5, 5.41) is 0. The first-order valence-corrected chi connectivity index (χ1v) is 8.98. The minimum Gasteiger partial charge on any atom is -0.355 e. The molecule has 116 valence electrons. The normalized spacial score (nSPS) is 12.8. The van der Waals surface area contributed by atoms with E-state index in [1.54, 1.807) is 0 Å². The molecule has 0 aliphatic carbocycles. The van der Waals surface area contributed by atoms with Crippen LogP contribution < -0.4 is 0 Å². The van der Waals surface area contributed by atoms with Crippen LogP contribution in [0.3, 0.4) is 0 Å². The van der Waals surface area contributed by atoms with E-state index >= 15 is 0 Å². The van der Waals surface area contributed by atoms with Crippen molar-refractivity contribution >= 4 is 15.9 Å². The molecule has 19 heavy (non-hydrogen) atoms. The standard InChI is InChI=1S/C16H33BrO2/c1-3-4-5-6-7-8-9-10-13-18-15-19-14-11-12-16(2)17/h16H,3-15H2,1-2H3. The fraction of sp³-hybridized carbons (Fsp3) is 1.00. The predicted molar refractivity (Wildman–Crippen MR) is 87.0 cm³/mol. The number of hydrogen-bond donors (Lipinski definition) is 0. The van der Waals surface area contributed by atoms with Crippen molar-refractivity contribution < 1.29 is 9.47 Å². The third-order valence-corrected chi connectivity index (χ3v) is 3.66. The van der Waals surface area contributed by atoms with Gasteiger partial charge in [0.2, 0.25) is 0 Å². The maximum atomic E-state index is 5.45. The molecule has 0 aromatic heterocycles. The van der Waals surface area contributed by atoms with E-state index in [1.807, 2.05) is 0 Å². The summed E-state index contributed by atoms with van der Waals surface area (Å²) in [6.45, 7) is 6.56. The average molecular weight is 337 g/mol. The molecule has 0 radical (unpaired) electrons. The largest absolute Gasteiger partial charge is 0.355 e. The van der Waals surface area contributed by atoms with E-state index < -0.39 is 0 Å². The first-order valence-electron chi connectivity index (χ1n) is 8.07. The van der Waals surface area contributed by atoms with Crippen molar-refractivity contribution in [1.82, 2.24) is 0 Å². The Kier molecular flexibility index (Phi) is 16.8. The van der Waals surface area contributed by atoms with Crippen molar-refractivity contribution in [3.05, 3.63) is 0 Å². The molecule has 0 heterocycles. The molecule has 0 bridgehead atoms. The highest BCUT2D eigenvalue weighted by molar-refractivity contribution is 9.09. The van der Waals surface area contributed by atoms with Crippen LogP contribution in [-0.4, -0.2) is 24.8 Å². The van der Waals surface area contributed by atoms with Crippen LogP contribution in [0.1, 0.15) is 78.1 Å². The molecule has 1 atom stereocenters. The summed E-state index contributed by atoms with van der Waals surface area (Å²) in [4.78, 5) is 0.592. The summed E-state index contributed by atoms with van der Waals surface area (Å²) in [5.74, 6) is 0. The van der Waals surface area contributed by atoms with E-state index in [0.717, 1.165) is 26.1 Å². The third-order valence-electron chi connectivity index (χ3n) is 3.20. The van der Waals surface area contributed by atoms with Crippen molar-refractivity contribution in [2.24, 2.45) is 0 Å². The lowest BCUT2D eigenvalue weighted by Crippen LogP contribution is -2.04. The lowest BCUT2D eigenvalue weighted by atomic mass is 10.1. The summed E-state index contributed by atoms with van der Waals surface area (Å²) in [5.41, 5.74) is 0. The summed E-state index contributed by atoms with van der Waals surface area (Å²) < 4.78 is 10.9. The van der Waals surface area contributed by atoms with Crippen LogP contribution in [0.15, 0.2) is 0 Å². The second-order valence-corrected chi connectivity index (χ2v) is 6.90. The first kappa shape index (κ1) is 19.4. The van der Waals surface area contributed by atoms with E-state index in [1.165, 1.54) is 51.4 Å². The third kappa shape index (κ3) is 18.4.